The second-order valence-electron chi connectivity index (χ2n) is 2.79. The average molecular weight is 221 g/mol. The van der Waals surface area contributed by atoms with Gasteiger partial charge in [0.25, 0.3) is 0 Å². The Morgan fingerprint density at radius 2 is 2.31 bits per heavy atom. The molecule has 0 atom stereocenters. The summed E-state index contributed by atoms with van der Waals surface area (Å²) in [6, 6.07) is 0. The van der Waals surface area contributed by atoms with Gasteiger partial charge in [0.15, 0.2) is 5.13 Å². The maximum atomic E-state index is 8.91. The molecule has 1 rings (SSSR count). The number of nitrogens with zero attached hydrogens (tertiary/aromatic N) is 2. The highest BCUT2D eigenvalue weighted by molar-refractivity contribution is 7.16. The van der Waals surface area contributed by atoms with Gasteiger partial charge in [-0.2, -0.15) is 0 Å². The third-order valence-electron chi connectivity index (χ3n) is 1.67. The average Bonchev–Trinajstić information content (AvgIpc) is 2.47. The Kier molecular flexibility index (Phi) is 3.96. The number of thiazole rings is 1. The zero-order valence-corrected chi connectivity index (χ0v) is 9.32. The molecular weight excluding hydrogens is 208 g/mol. The lowest BCUT2D eigenvalue weighted by Gasteiger charge is -2.13. The molecule has 13 heavy (non-hydrogen) atoms. The lowest BCUT2D eigenvalue weighted by Crippen LogP contribution is -2.17. The summed E-state index contributed by atoms with van der Waals surface area (Å²) in [5.74, 6) is 0. The zero-order chi connectivity index (χ0) is 9.84. The highest BCUT2D eigenvalue weighted by Crippen LogP contribution is 2.28. The Bertz CT molecular complexity index is 277. The first-order chi connectivity index (χ1) is 6.19. The van der Waals surface area contributed by atoms with Crippen LogP contribution in [0.5, 0.6) is 0 Å². The second-order valence-corrected chi connectivity index (χ2v) is 4.21. The van der Waals surface area contributed by atoms with E-state index in [1.165, 1.54) is 11.3 Å². The molecule has 0 unspecified atom stereocenters. The summed E-state index contributed by atoms with van der Waals surface area (Å²) in [5.41, 5.74) is 0. The van der Waals surface area contributed by atoms with Crippen LogP contribution in [0.25, 0.3) is 0 Å². The van der Waals surface area contributed by atoms with Gasteiger partial charge in [-0.15, -0.1) is 0 Å². The van der Waals surface area contributed by atoms with Crippen LogP contribution < -0.4 is 4.90 Å². The molecule has 1 aromatic heterocycles. The lowest BCUT2D eigenvalue weighted by atomic mass is 10.5. The number of aliphatic hydroxyl groups is 1. The van der Waals surface area contributed by atoms with Crippen molar-refractivity contribution in [2.75, 3.05) is 18.5 Å². The van der Waals surface area contributed by atoms with Crippen molar-refractivity contribution in [2.24, 2.45) is 0 Å². The van der Waals surface area contributed by atoms with E-state index in [1.54, 1.807) is 0 Å². The molecule has 0 spiro atoms. The molecule has 0 fully saturated rings. The number of anilines is 1. The van der Waals surface area contributed by atoms with Gasteiger partial charge in [0.2, 0.25) is 0 Å². The van der Waals surface area contributed by atoms with Gasteiger partial charge in [-0.05, 0) is 6.42 Å². The number of halogens is 1. The predicted molar refractivity (Wildman–Crippen MR) is 56.6 cm³/mol. The SMILES string of the molecule is CCCN(C)c1nc(Cl)c(CO)s1. The molecule has 0 amide bonds. The molecule has 0 aromatic carbocycles. The van der Waals surface area contributed by atoms with Crippen molar-refractivity contribution in [3.05, 3.63) is 10.0 Å². The van der Waals surface area contributed by atoms with Gasteiger partial charge < -0.3 is 10.0 Å². The molecule has 0 aliphatic heterocycles. The Labute approximate surface area is 87.0 Å². The maximum Gasteiger partial charge on any atom is 0.186 e. The van der Waals surface area contributed by atoms with Gasteiger partial charge in [0.05, 0.1) is 11.5 Å². The summed E-state index contributed by atoms with van der Waals surface area (Å²) in [4.78, 5) is 6.92. The fourth-order valence-corrected chi connectivity index (χ4v) is 2.12. The van der Waals surface area contributed by atoms with E-state index in [2.05, 4.69) is 11.9 Å². The minimum absolute atomic E-state index is 0.0313. The summed E-state index contributed by atoms with van der Waals surface area (Å²) in [6.45, 7) is 3.03. The van der Waals surface area contributed by atoms with Gasteiger partial charge in [0.1, 0.15) is 5.15 Å². The van der Waals surface area contributed by atoms with E-state index < -0.39 is 0 Å². The molecule has 1 N–H and O–H groups in total. The van der Waals surface area contributed by atoms with Crippen LogP contribution >= 0.6 is 22.9 Å². The van der Waals surface area contributed by atoms with E-state index in [-0.39, 0.29) is 6.61 Å². The van der Waals surface area contributed by atoms with Gasteiger partial charge in [-0.1, -0.05) is 29.9 Å². The van der Waals surface area contributed by atoms with Gasteiger partial charge in [-0.3, -0.25) is 0 Å². The fraction of sp³-hybridized carbons (Fsp3) is 0.625. The topological polar surface area (TPSA) is 36.4 Å². The van der Waals surface area contributed by atoms with E-state index in [0.29, 0.717) is 5.15 Å². The molecule has 1 heterocycles. The van der Waals surface area contributed by atoms with Crippen LogP contribution in [0.1, 0.15) is 18.2 Å². The normalized spacial score (nSPS) is 10.5. The number of aromatic nitrogens is 1. The molecule has 0 saturated heterocycles. The Morgan fingerprint density at radius 1 is 1.62 bits per heavy atom. The Morgan fingerprint density at radius 3 is 2.77 bits per heavy atom. The molecular formula is C8H13ClN2OS. The van der Waals surface area contributed by atoms with Gasteiger partial charge >= 0.3 is 0 Å². The number of hydrogen-bond acceptors (Lipinski definition) is 4. The van der Waals surface area contributed by atoms with Crippen LogP contribution in [0.15, 0.2) is 0 Å². The molecule has 5 heteroatoms. The first-order valence-electron chi connectivity index (χ1n) is 4.16. The van der Waals surface area contributed by atoms with Crippen LogP contribution in [0.3, 0.4) is 0 Å². The summed E-state index contributed by atoms with van der Waals surface area (Å²) in [7, 11) is 1.97. The highest BCUT2D eigenvalue weighted by Gasteiger charge is 2.10. The van der Waals surface area contributed by atoms with Crippen molar-refractivity contribution in [1.82, 2.24) is 4.98 Å². The molecule has 0 radical (unpaired) electrons. The maximum absolute atomic E-state index is 8.91. The quantitative estimate of drug-likeness (QED) is 0.845. The van der Waals surface area contributed by atoms with Crippen LogP contribution in [0.4, 0.5) is 5.13 Å². The van der Waals surface area contributed by atoms with Gasteiger partial charge in [0, 0.05) is 13.6 Å². The van der Waals surface area contributed by atoms with Crippen LogP contribution in [-0.2, 0) is 6.61 Å². The standard InChI is InChI=1S/C8H13ClN2OS/c1-3-4-11(2)8-10-7(9)6(5-12)13-8/h12H,3-5H2,1-2H3. The van der Waals surface area contributed by atoms with Crippen molar-refractivity contribution >= 4 is 28.1 Å². The summed E-state index contributed by atoms with van der Waals surface area (Å²) >= 11 is 7.24. The van der Waals surface area contributed by atoms with Crippen molar-refractivity contribution in [3.8, 4) is 0 Å². The third-order valence-corrected chi connectivity index (χ3v) is 3.25. The predicted octanol–water partition coefficient (Wildman–Crippen LogP) is 2.14. The van der Waals surface area contributed by atoms with E-state index in [0.717, 1.165) is 23.0 Å². The summed E-state index contributed by atoms with van der Waals surface area (Å²) < 4.78 is 0. The minimum Gasteiger partial charge on any atom is -0.391 e. The first-order valence-corrected chi connectivity index (χ1v) is 5.35. The third kappa shape index (κ3) is 2.56. The first kappa shape index (κ1) is 10.8. The number of aliphatic hydroxyl groups excluding tert-OH is 1. The molecule has 0 aliphatic rings. The van der Waals surface area contributed by atoms with Gasteiger partial charge in [-0.25, -0.2) is 4.98 Å². The fourth-order valence-electron chi connectivity index (χ4n) is 1.01. The molecule has 0 aliphatic carbocycles. The molecule has 3 nitrogen and oxygen atoms in total. The van der Waals surface area contributed by atoms with E-state index >= 15 is 0 Å². The Hall–Kier alpha value is -0.320. The van der Waals surface area contributed by atoms with Crippen LogP contribution in [0.2, 0.25) is 5.15 Å². The van der Waals surface area contributed by atoms with E-state index in [9.17, 15) is 0 Å². The Balaban J connectivity index is 2.77. The van der Waals surface area contributed by atoms with Crippen LogP contribution in [0, 0.1) is 0 Å². The zero-order valence-electron chi connectivity index (χ0n) is 7.75. The van der Waals surface area contributed by atoms with E-state index in [4.69, 9.17) is 16.7 Å². The minimum atomic E-state index is -0.0313. The highest BCUT2D eigenvalue weighted by atomic mass is 35.5. The van der Waals surface area contributed by atoms with Crippen molar-refractivity contribution in [1.29, 1.82) is 0 Å². The second kappa shape index (κ2) is 4.79. The lowest BCUT2D eigenvalue weighted by molar-refractivity contribution is 0.285. The summed E-state index contributed by atoms with van der Waals surface area (Å²) in [5, 5.41) is 10.2. The van der Waals surface area contributed by atoms with Crippen LogP contribution in [-0.4, -0.2) is 23.7 Å². The largest absolute Gasteiger partial charge is 0.391 e. The van der Waals surface area contributed by atoms with Crippen molar-refractivity contribution < 1.29 is 5.11 Å². The smallest absolute Gasteiger partial charge is 0.186 e. The monoisotopic (exact) mass is 220 g/mol. The molecule has 74 valence electrons. The van der Waals surface area contributed by atoms with Crippen molar-refractivity contribution in [2.45, 2.75) is 20.0 Å². The molecule has 0 bridgehead atoms. The number of rotatable bonds is 4. The number of hydrogen-bond donors (Lipinski definition) is 1. The molecule has 0 saturated carbocycles. The summed E-state index contributed by atoms with van der Waals surface area (Å²) in [6.07, 6.45) is 1.07. The van der Waals surface area contributed by atoms with E-state index in [1.807, 2.05) is 11.9 Å². The van der Waals surface area contributed by atoms with Crippen molar-refractivity contribution in [3.63, 3.8) is 0 Å². The molecule has 1 aromatic rings.